The molecule has 0 bridgehead atoms. The molecule has 0 saturated heterocycles. The van der Waals surface area contributed by atoms with E-state index in [1.807, 2.05) is 0 Å². The zero-order chi connectivity index (χ0) is 9.35. The van der Waals surface area contributed by atoms with Crippen molar-refractivity contribution in [2.45, 2.75) is 33.6 Å². The summed E-state index contributed by atoms with van der Waals surface area (Å²) in [6, 6.07) is 0. The van der Waals surface area contributed by atoms with Crippen LogP contribution >= 0.6 is 0 Å². The lowest BCUT2D eigenvalue weighted by molar-refractivity contribution is -0.134. The van der Waals surface area contributed by atoms with E-state index < -0.39 is 0 Å². The molecule has 1 aliphatic carbocycles. The molecule has 0 aromatic rings. The summed E-state index contributed by atoms with van der Waals surface area (Å²) in [5, 5.41) is 9.09. The van der Waals surface area contributed by atoms with E-state index in [4.69, 9.17) is 5.11 Å². The lowest BCUT2D eigenvalue weighted by Gasteiger charge is -2.41. The number of hydrogen-bond acceptors (Lipinski definition) is 2. The molecule has 0 heterocycles. The van der Waals surface area contributed by atoms with Gasteiger partial charge in [-0.05, 0) is 17.8 Å². The van der Waals surface area contributed by atoms with E-state index in [0.717, 1.165) is 6.42 Å². The van der Waals surface area contributed by atoms with E-state index in [2.05, 4.69) is 20.8 Å². The first kappa shape index (κ1) is 9.72. The van der Waals surface area contributed by atoms with Crippen LogP contribution in [0.1, 0.15) is 33.6 Å². The van der Waals surface area contributed by atoms with E-state index in [1.165, 1.54) is 0 Å². The molecule has 0 radical (unpaired) electrons. The van der Waals surface area contributed by atoms with Crippen molar-refractivity contribution in [2.75, 3.05) is 6.61 Å². The molecular formula is C10H18O2. The number of aliphatic hydroxyl groups is 1. The van der Waals surface area contributed by atoms with Crippen LogP contribution in [0.15, 0.2) is 0 Å². The average molecular weight is 170 g/mol. The predicted molar refractivity (Wildman–Crippen MR) is 47.8 cm³/mol. The summed E-state index contributed by atoms with van der Waals surface area (Å²) in [4.78, 5) is 11.4. The quantitative estimate of drug-likeness (QED) is 0.649. The van der Waals surface area contributed by atoms with Gasteiger partial charge in [0, 0.05) is 12.3 Å². The van der Waals surface area contributed by atoms with Crippen LogP contribution < -0.4 is 0 Å². The largest absolute Gasteiger partial charge is 0.396 e. The van der Waals surface area contributed by atoms with Gasteiger partial charge >= 0.3 is 0 Å². The number of ketones is 1. The van der Waals surface area contributed by atoms with Crippen molar-refractivity contribution in [1.82, 2.24) is 0 Å². The van der Waals surface area contributed by atoms with Crippen LogP contribution in [-0.2, 0) is 4.79 Å². The van der Waals surface area contributed by atoms with Crippen molar-refractivity contribution in [2.24, 2.45) is 17.3 Å². The maximum absolute atomic E-state index is 11.4. The third kappa shape index (κ3) is 1.40. The topological polar surface area (TPSA) is 37.3 Å². The number of Topliss-reactive ketones (excluding diaryl/α,β-unsaturated/α-hetero) is 1. The van der Waals surface area contributed by atoms with Crippen molar-refractivity contribution in [3.63, 3.8) is 0 Å². The molecule has 1 fully saturated rings. The van der Waals surface area contributed by atoms with Gasteiger partial charge in [0.05, 0.1) is 6.61 Å². The molecule has 1 aliphatic rings. The average Bonchev–Trinajstić information content (AvgIpc) is 1.98. The summed E-state index contributed by atoms with van der Waals surface area (Å²) in [5.74, 6) is 0.634. The minimum Gasteiger partial charge on any atom is -0.396 e. The number of carbonyl (C=O) groups excluding carboxylic acids is 1. The maximum atomic E-state index is 11.4. The van der Waals surface area contributed by atoms with Gasteiger partial charge < -0.3 is 5.11 Å². The van der Waals surface area contributed by atoms with Crippen LogP contribution in [0.25, 0.3) is 0 Å². The molecule has 0 spiro atoms. The lowest BCUT2D eigenvalue weighted by atomic mass is 9.63. The molecule has 1 N–H and O–H groups in total. The fourth-order valence-corrected chi connectivity index (χ4v) is 2.00. The minimum absolute atomic E-state index is 0.0101. The Kier molecular flexibility index (Phi) is 2.57. The fourth-order valence-electron chi connectivity index (χ4n) is 2.00. The van der Waals surface area contributed by atoms with E-state index in [1.54, 1.807) is 0 Å². The highest BCUT2D eigenvalue weighted by Crippen LogP contribution is 2.42. The monoisotopic (exact) mass is 170 g/mol. The van der Waals surface area contributed by atoms with Gasteiger partial charge in [0.1, 0.15) is 5.78 Å². The van der Waals surface area contributed by atoms with Crippen LogP contribution in [0.2, 0.25) is 0 Å². The van der Waals surface area contributed by atoms with Gasteiger partial charge in [0.25, 0.3) is 0 Å². The van der Waals surface area contributed by atoms with Crippen LogP contribution in [-0.4, -0.2) is 17.5 Å². The number of aliphatic hydroxyl groups excluding tert-OH is 1. The molecule has 2 nitrogen and oxygen atoms in total. The number of hydrogen-bond donors (Lipinski definition) is 1. The zero-order valence-electron chi connectivity index (χ0n) is 8.13. The van der Waals surface area contributed by atoms with Crippen LogP contribution in [0.3, 0.4) is 0 Å². The summed E-state index contributed by atoms with van der Waals surface area (Å²) in [6.45, 7) is 6.33. The minimum atomic E-state index is -0.138. The maximum Gasteiger partial charge on any atom is 0.138 e. The fraction of sp³-hybridized carbons (Fsp3) is 0.900. The molecule has 2 heteroatoms. The van der Waals surface area contributed by atoms with Crippen molar-refractivity contribution in [3.8, 4) is 0 Å². The van der Waals surface area contributed by atoms with Gasteiger partial charge in [-0.15, -0.1) is 0 Å². The second-order valence-corrected chi connectivity index (χ2v) is 4.46. The van der Waals surface area contributed by atoms with Crippen LogP contribution in [0.4, 0.5) is 0 Å². The van der Waals surface area contributed by atoms with E-state index in [9.17, 15) is 4.79 Å². The number of rotatable bonds is 1. The van der Waals surface area contributed by atoms with Gasteiger partial charge in [-0.2, -0.15) is 0 Å². The van der Waals surface area contributed by atoms with E-state index >= 15 is 0 Å². The first-order valence-electron chi connectivity index (χ1n) is 4.63. The first-order valence-corrected chi connectivity index (χ1v) is 4.63. The Bertz CT molecular complexity index is 184. The molecule has 0 aromatic carbocycles. The summed E-state index contributed by atoms with van der Waals surface area (Å²) >= 11 is 0. The van der Waals surface area contributed by atoms with E-state index in [0.29, 0.717) is 12.3 Å². The standard InChI is InChI=1S/C10H18O2/c1-7-4-5-9(12)8(6-11)10(7,2)3/h7-8,11H,4-6H2,1-3H3/t7-,8-/m1/s1. The Labute approximate surface area is 74.0 Å². The Morgan fingerprint density at radius 1 is 1.58 bits per heavy atom. The molecular weight excluding hydrogens is 152 g/mol. The van der Waals surface area contributed by atoms with Crippen molar-refractivity contribution < 1.29 is 9.90 Å². The summed E-state index contributed by atoms with van der Waals surface area (Å²) < 4.78 is 0. The molecule has 2 atom stereocenters. The zero-order valence-corrected chi connectivity index (χ0v) is 8.13. The van der Waals surface area contributed by atoms with Gasteiger partial charge in [0.15, 0.2) is 0 Å². The second kappa shape index (κ2) is 3.17. The van der Waals surface area contributed by atoms with E-state index in [-0.39, 0.29) is 23.7 Å². The molecule has 0 amide bonds. The van der Waals surface area contributed by atoms with Crippen molar-refractivity contribution >= 4 is 5.78 Å². The molecule has 0 aliphatic heterocycles. The third-order valence-electron chi connectivity index (χ3n) is 3.56. The first-order chi connectivity index (χ1) is 5.50. The highest BCUT2D eigenvalue weighted by atomic mass is 16.3. The SMILES string of the molecule is C[C@@H]1CCC(=O)[C@@H](CO)C1(C)C. The molecule has 0 aromatic heterocycles. The Balaban J connectivity index is 2.83. The van der Waals surface area contributed by atoms with Crippen molar-refractivity contribution in [1.29, 1.82) is 0 Å². The Hall–Kier alpha value is -0.370. The van der Waals surface area contributed by atoms with Crippen LogP contribution in [0, 0.1) is 17.3 Å². The summed E-state index contributed by atoms with van der Waals surface area (Å²) in [7, 11) is 0. The highest BCUT2D eigenvalue weighted by Gasteiger charge is 2.42. The van der Waals surface area contributed by atoms with Gasteiger partial charge in [-0.1, -0.05) is 20.8 Å². The van der Waals surface area contributed by atoms with Gasteiger partial charge in [-0.3, -0.25) is 4.79 Å². The van der Waals surface area contributed by atoms with Crippen LogP contribution in [0.5, 0.6) is 0 Å². The summed E-state index contributed by atoms with van der Waals surface area (Å²) in [6.07, 6.45) is 1.62. The normalized spacial score (nSPS) is 35.2. The third-order valence-corrected chi connectivity index (χ3v) is 3.56. The summed E-state index contributed by atoms with van der Waals surface area (Å²) in [5.41, 5.74) is -0.0237. The van der Waals surface area contributed by atoms with Gasteiger partial charge in [-0.25, -0.2) is 0 Å². The Morgan fingerprint density at radius 2 is 2.17 bits per heavy atom. The molecule has 0 unspecified atom stereocenters. The lowest BCUT2D eigenvalue weighted by Crippen LogP contribution is -2.42. The van der Waals surface area contributed by atoms with Gasteiger partial charge in [0.2, 0.25) is 0 Å². The Morgan fingerprint density at radius 3 is 2.58 bits per heavy atom. The number of carbonyl (C=O) groups is 1. The highest BCUT2D eigenvalue weighted by molar-refractivity contribution is 5.82. The smallest absolute Gasteiger partial charge is 0.138 e. The predicted octanol–water partition coefficient (Wildman–Crippen LogP) is 1.62. The molecule has 70 valence electrons. The molecule has 1 rings (SSSR count). The van der Waals surface area contributed by atoms with Crippen molar-refractivity contribution in [3.05, 3.63) is 0 Å². The second-order valence-electron chi connectivity index (χ2n) is 4.46. The molecule has 12 heavy (non-hydrogen) atoms. The molecule has 1 saturated carbocycles.